The van der Waals surface area contributed by atoms with E-state index in [1.807, 2.05) is 30.3 Å². The second-order valence-electron chi connectivity index (χ2n) is 12.4. The van der Waals surface area contributed by atoms with Gasteiger partial charge in [0.2, 0.25) is 5.91 Å². The summed E-state index contributed by atoms with van der Waals surface area (Å²) in [6.45, 7) is 8.95. The smallest absolute Gasteiger partial charge is 0.408 e. The van der Waals surface area contributed by atoms with Crippen molar-refractivity contribution in [1.29, 1.82) is 0 Å². The normalized spacial score (nSPS) is 13.9. The molecule has 6 N–H and O–H groups in total. The number of carbonyl (C=O) groups is 3. The molecule has 13 heteroatoms. The number of nitrogen functional groups attached to an aromatic ring is 1. The van der Waals surface area contributed by atoms with Crippen LogP contribution in [0.2, 0.25) is 0 Å². The van der Waals surface area contributed by atoms with Gasteiger partial charge in [-0.1, -0.05) is 24.3 Å². The molecule has 4 rings (SSSR count). The van der Waals surface area contributed by atoms with Crippen LogP contribution in [0.1, 0.15) is 61.6 Å². The number of nitrogens with two attached hydrogens (primary N) is 2. The van der Waals surface area contributed by atoms with E-state index in [4.69, 9.17) is 20.9 Å². The highest BCUT2D eigenvalue weighted by Crippen LogP contribution is 2.24. The van der Waals surface area contributed by atoms with E-state index in [-0.39, 0.29) is 29.6 Å². The summed E-state index contributed by atoms with van der Waals surface area (Å²) in [4.78, 5) is 53.9. The molecule has 0 radical (unpaired) electrons. The zero-order chi connectivity index (χ0) is 33.8. The number of Topliss-reactive ketones (excluding diaryl/α,β-unsaturated/α-hetero) is 1. The summed E-state index contributed by atoms with van der Waals surface area (Å²) in [6.07, 6.45) is 6.91. The van der Waals surface area contributed by atoms with Crippen molar-refractivity contribution in [3.05, 3.63) is 65.7 Å². The van der Waals surface area contributed by atoms with Gasteiger partial charge in [-0.25, -0.2) is 14.8 Å². The molecule has 3 aromatic rings. The molecule has 3 heterocycles. The van der Waals surface area contributed by atoms with Crippen molar-refractivity contribution >= 4 is 29.3 Å². The minimum atomic E-state index is -0.719. The first kappa shape index (κ1) is 35.2. The topological polar surface area (TPSA) is 188 Å². The maximum atomic E-state index is 13.4. The largest absolute Gasteiger partial charge is 0.444 e. The summed E-state index contributed by atoms with van der Waals surface area (Å²) in [5.41, 5.74) is 15.2. The number of ketones is 1. The summed E-state index contributed by atoms with van der Waals surface area (Å²) in [5.74, 6) is -0.443. The van der Waals surface area contributed by atoms with E-state index in [1.54, 1.807) is 39.4 Å². The molecule has 1 atom stereocenters. The molecule has 2 aromatic heterocycles. The van der Waals surface area contributed by atoms with Crippen molar-refractivity contribution in [1.82, 2.24) is 25.6 Å². The average molecular weight is 647 g/mol. The summed E-state index contributed by atoms with van der Waals surface area (Å²) in [7, 11) is 0. The third kappa shape index (κ3) is 10.7. The monoisotopic (exact) mass is 646 g/mol. The van der Waals surface area contributed by atoms with Crippen molar-refractivity contribution in [3.8, 4) is 11.3 Å². The number of carbonyl (C=O) groups excluding carboxylic acids is 3. The number of nitrogens with zero attached hydrogens (tertiary/aromatic N) is 4. The molecule has 1 fully saturated rings. The van der Waals surface area contributed by atoms with Crippen LogP contribution in [0.15, 0.2) is 48.9 Å². The molecule has 0 aliphatic carbocycles. The first-order valence-electron chi connectivity index (χ1n) is 16.0. The number of amides is 2. The zero-order valence-corrected chi connectivity index (χ0v) is 27.5. The van der Waals surface area contributed by atoms with E-state index < -0.39 is 17.7 Å². The van der Waals surface area contributed by atoms with Gasteiger partial charge in [0.1, 0.15) is 17.3 Å². The predicted molar refractivity (Wildman–Crippen MR) is 180 cm³/mol. The Morgan fingerprint density at radius 3 is 2.51 bits per heavy atom. The molecule has 13 nitrogen and oxygen atoms in total. The van der Waals surface area contributed by atoms with Crippen LogP contribution in [-0.4, -0.2) is 83.8 Å². The summed E-state index contributed by atoms with van der Waals surface area (Å²) in [6, 6.07) is 8.84. The van der Waals surface area contributed by atoms with Crippen LogP contribution in [0.4, 0.5) is 16.3 Å². The number of benzene rings is 1. The Balaban J connectivity index is 1.36. The fraction of sp³-hybridized carbons (Fsp3) is 0.471. The second-order valence-corrected chi connectivity index (χ2v) is 12.4. The predicted octanol–water partition coefficient (Wildman–Crippen LogP) is 3.06. The lowest BCUT2D eigenvalue weighted by atomic mass is 10.0. The van der Waals surface area contributed by atoms with Gasteiger partial charge in [-0.2, -0.15) is 0 Å². The van der Waals surface area contributed by atoms with Crippen LogP contribution in [0, 0.1) is 0 Å². The Bertz CT molecular complexity index is 1500. The highest BCUT2D eigenvalue weighted by Gasteiger charge is 2.24. The summed E-state index contributed by atoms with van der Waals surface area (Å²) in [5, 5.41) is 5.60. The van der Waals surface area contributed by atoms with Crippen LogP contribution in [-0.2, 0) is 27.1 Å². The number of rotatable bonds is 14. The first-order valence-corrected chi connectivity index (χ1v) is 16.0. The van der Waals surface area contributed by atoms with Gasteiger partial charge in [-0.15, -0.1) is 0 Å². The molecular formula is C34H46N8O5. The van der Waals surface area contributed by atoms with Crippen LogP contribution < -0.4 is 27.0 Å². The van der Waals surface area contributed by atoms with Gasteiger partial charge < -0.3 is 36.5 Å². The highest BCUT2D eigenvalue weighted by atomic mass is 16.6. The van der Waals surface area contributed by atoms with Crippen molar-refractivity contribution in [2.24, 2.45) is 5.73 Å². The van der Waals surface area contributed by atoms with Gasteiger partial charge in [-0.3, -0.25) is 14.6 Å². The van der Waals surface area contributed by atoms with Crippen LogP contribution in [0.5, 0.6) is 0 Å². The second kappa shape index (κ2) is 16.8. The Morgan fingerprint density at radius 2 is 1.81 bits per heavy atom. The van der Waals surface area contributed by atoms with Gasteiger partial charge in [0.05, 0.1) is 25.1 Å². The Morgan fingerprint density at radius 1 is 1.06 bits per heavy atom. The molecule has 1 aromatic carbocycles. The minimum Gasteiger partial charge on any atom is -0.444 e. The fourth-order valence-corrected chi connectivity index (χ4v) is 5.18. The van der Waals surface area contributed by atoms with E-state index in [9.17, 15) is 14.4 Å². The number of pyridine rings is 1. The first-order chi connectivity index (χ1) is 22.5. The van der Waals surface area contributed by atoms with Gasteiger partial charge in [0.15, 0.2) is 11.6 Å². The zero-order valence-electron chi connectivity index (χ0n) is 27.5. The van der Waals surface area contributed by atoms with Crippen LogP contribution >= 0.6 is 0 Å². The lowest BCUT2D eigenvalue weighted by molar-refractivity contribution is -0.123. The fourth-order valence-electron chi connectivity index (χ4n) is 5.18. The molecule has 47 heavy (non-hydrogen) atoms. The van der Waals surface area contributed by atoms with Crippen LogP contribution in [0.25, 0.3) is 11.3 Å². The third-order valence-corrected chi connectivity index (χ3v) is 7.56. The minimum absolute atomic E-state index is 0.0745. The molecule has 252 valence electrons. The van der Waals surface area contributed by atoms with Crippen LogP contribution in [0.3, 0.4) is 0 Å². The van der Waals surface area contributed by atoms with Crippen molar-refractivity contribution in [2.75, 3.05) is 50.0 Å². The van der Waals surface area contributed by atoms with Crippen molar-refractivity contribution < 1.29 is 23.9 Å². The number of unbranched alkanes of at least 4 members (excludes halogenated alkanes) is 1. The molecule has 1 saturated heterocycles. The number of hydrogen-bond donors (Lipinski definition) is 4. The average Bonchev–Trinajstić information content (AvgIpc) is 3.04. The van der Waals surface area contributed by atoms with Crippen molar-refractivity contribution in [3.63, 3.8) is 0 Å². The van der Waals surface area contributed by atoms with Gasteiger partial charge in [0.25, 0.3) is 0 Å². The molecule has 1 aliphatic heterocycles. The lowest BCUT2D eigenvalue weighted by Crippen LogP contribution is -2.48. The molecule has 0 saturated carbocycles. The van der Waals surface area contributed by atoms with Gasteiger partial charge >= 0.3 is 6.09 Å². The van der Waals surface area contributed by atoms with Crippen molar-refractivity contribution in [2.45, 2.75) is 64.5 Å². The quantitative estimate of drug-likeness (QED) is 0.149. The Kier molecular flexibility index (Phi) is 12.6. The number of nitrogens with one attached hydrogen (secondary N) is 2. The van der Waals surface area contributed by atoms with E-state index in [1.165, 1.54) is 0 Å². The molecule has 2 amide bonds. The number of ether oxygens (including phenoxy) is 2. The molecule has 0 bridgehead atoms. The molecular weight excluding hydrogens is 600 g/mol. The molecule has 0 unspecified atom stereocenters. The number of hydrogen-bond acceptors (Lipinski definition) is 11. The third-order valence-electron chi connectivity index (χ3n) is 7.56. The number of aromatic nitrogens is 3. The van der Waals surface area contributed by atoms with E-state index in [0.29, 0.717) is 51.3 Å². The van der Waals surface area contributed by atoms with Gasteiger partial charge in [0, 0.05) is 55.3 Å². The standard InChI is InChI=1S/C34H46N8O5/c1-34(2,3)47-33(45)41-26(6-4-5-13-35)32(44)38-15-11-23-7-9-24(10-8-23)27-22-39-31(36)30(40-27)29(43)20-25-21-37-14-12-28(25)42-16-18-46-19-17-42/h7-10,12,14,21-22,26H,4-6,11,13,15-20,35H2,1-3H3,(H2,36,39)(H,38,44)(H,41,45)/t26-/m0/s1. The maximum Gasteiger partial charge on any atom is 0.408 e. The summed E-state index contributed by atoms with van der Waals surface area (Å²) < 4.78 is 10.8. The van der Waals surface area contributed by atoms with E-state index >= 15 is 0 Å². The maximum absolute atomic E-state index is 13.4. The molecule has 0 spiro atoms. The van der Waals surface area contributed by atoms with E-state index in [0.717, 1.165) is 41.9 Å². The van der Waals surface area contributed by atoms with Gasteiger partial charge in [-0.05, 0) is 64.6 Å². The SMILES string of the molecule is CC(C)(C)OC(=O)N[C@@H](CCCCN)C(=O)NCCc1ccc(-c2cnc(N)c(C(=O)Cc3cnccc3N3CCOCC3)n2)cc1. The van der Waals surface area contributed by atoms with E-state index in [2.05, 4.69) is 30.5 Å². The Labute approximate surface area is 275 Å². The lowest BCUT2D eigenvalue weighted by Gasteiger charge is -2.30. The number of anilines is 2. The number of morpholine rings is 1. The highest BCUT2D eigenvalue weighted by molar-refractivity contribution is 6.00. The summed E-state index contributed by atoms with van der Waals surface area (Å²) >= 11 is 0. The Hall–Kier alpha value is -4.62. The number of alkyl carbamates (subject to hydrolysis) is 1. The molecule has 1 aliphatic rings.